The average Bonchev–Trinajstić information content (AvgIpc) is 3.61. The molecule has 1 fully saturated rings. The molecule has 1 saturated heterocycles. The number of anilines is 1. The summed E-state index contributed by atoms with van der Waals surface area (Å²) in [5, 5.41) is 0.422. The van der Waals surface area contributed by atoms with Gasteiger partial charge in [0.1, 0.15) is 22.8 Å². The molecule has 1 aliphatic heterocycles. The molecule has 5 heterocycles. The van der Waals surface area contributed by atoms with E-state index in [0.717, 1.165) is 16.6 Å². The van der Waals surface area contributed by atoms with E-state index in [1.165, 1.54) is 17.4 Å². The lowest BCUT2D eigenvalue weighted by atomic mass is 10.2. The first kappa shape index (κ1) is 24.6. The standard InChI is InChI=1S/C24H20ClF3N8OS/c1-13-9-34(5-6-36(13)19(37)10-35-11-30-16-3-2-4-29-22(16)35)23-20(31-12-38-23)21-32-17-7-14(24(26,27)28)15(25)8-18(17)33-21/h2-4,7-8,11-13H,5-6,9-10H2,1H3,(H,32,33). The van der Waals surface area contributed by atoms with Crippen LogP contribution in [0.15, 0.2) is 42.3 Å². The number of thiazole rings is 1. The van der Waals surface area contributed by atoms with Crippen molar-refractivity contribution in [3.63, 3.8) is 0 Å². The first-order chi connectivity index (χ1) is 18.2. The van der Waals surface area contributed by atoms with E-state index in [9.17, 15) is 18.0 Å². The Morgan fingerprint density at radius 1 is 1.21 bits per heavy atom. The predicted molar refractivity (Wildman–Crippen MR) is 138 cm³/mol. The maximum Gasteiger partial charge on any atom is 0.417 e. The zero-order valence-corrected chi connectivity index (χ0v) is 21.5. The number of pyridine rings is 1. The van der Waals surface area contributed by atoms with E-state index in [1.807, 2.05) is 17.9 Å². The van der Waals surface area contributed by atoms with Crippen molar-refractivity contribution in [1.82, 2.24) is 34.4 Å². The van der Waals surface area contributed by atoms with Crippen LogP contribution in [0.5, 0.6) is 0 Å². The van der Waals surface area contributed by atoms with E-state index in [4.69, 9.17) is 11.6 Å². The Balaban J connectivity index is 1.20. The van der Waals surface area contributed by atoms with Gasteiger partial charge in [-0.1, -0.05) is 11.6 Å². The van der Waals surface area contributed by atoms with Crippen molar-refractivity contribution in [2.45, 2.75) is 25.7 Å². The first-order valence-corrected chi connectivity index (χ1v) is 13.0. The molecule has 1 aliphatic rings. The van der Waals surface area contributed by atoms with Gasteiger partial charge in [-0.3, -0.25) is 4.79 Å². The molecule has 1 unspecified atom stereocenters. The summed E-state index contributed by atoms with van der Waals surface area (Å²) in [6.45, 7) is 3.76. The van der Waals surface area contributed by atoms with Gasteiger partial charge < -0.3 is 19.4 Å². The Morgan fingerprint density at radius 2 is 2.05 bits per heavy atom. The van der Waals surface area contributed by atoms with Gasteiger partial charge in [-0.15, -0.1) is 11.3 Å². The van der Waals surface area contributed by atoms with Crippen molar-refractivity contribution < 1.29 is 18.0 Å². The molecule has 1 N–H and O–H groups in total. The molecule has 0 saturated carbocycles. The van der Waals surface area contributed by atoms with E-state index in [1.54, 1.807) is 28.7 Å². The summed E-state index contributed by atoms with van der Waals surface area (Å²) in [7, 11) is 0. The Kier molecular flexibility index (Phi) is 5.99. The summed E-state index contributed by atoms with van der Waals surface area (Å²) in [5.74, 6) is 0.332. The van der Waals surface area contributed by atoms with Gasteiger partial charge in [0, 0.05) is 31.9 Å². The van der Waals surface area contributed by atoms with Gasteiger partial charge >= 0.3 is 6.18 Å². The minimum Gasteiger partial charge on any atom is -0.358 e. The normalized spacial score (nSPS) is 16.6. The number of amides is 1. The molecule has 14 heteroatoms. The quantitative estimate of drug-likeness (QED) is 0.338. The van der Waals surface area contributed by atoms with E-state index in [2.05, 4.69) is 29.8 Å². The molecule has 1 aromatic carbocycles. The van der Waals surface area contributed by atoms with Crippen molar-refractivity contribution in [3.05, 3.63) is 52.9 Å². The molecule has 196 valence electrons. The van der Waals surface area contributed by atoms with E-state index < -0.39 is 16.8 Å². The third-order valence-electron chi connectivity index (χ3n) is 6.56. The molecular formula is C24H20ClF3N8OS. The number of aromatic amines is 1. The predicted octanol–water partition coefficient (Wildman–Crippen LogP) is 4.84. The smallest absolute Gasteiger partial charge is 0.358 e. The summed E-state index contributed by atoms with van der Waals surface area (Å²) in [6, 6.07) is 5.74. The van der Waals surface area contributed by atoms with Crippen LogP contribution in [-0.2, 0) is 17.5 Å². The Labute approximate surface area is 222 Å². The van der Waals surface area contributed by atoms with Crippen molar-refractivity contribution >= 4 is 56.0 Å². The zero-order valence-electron chi connectivity index (χ0n) is 19.9. The van der Waals surface area contributed by atoms with Gasteiger partial charge in [-0.05, 0) is 31.2 Å². The molecule has 5 aromatic rings. The molecule has 9 nitrogen and oxygen atoms in total. The highest BCUT2D eigenvalue weighted by Crippen LogP contribution is 2.39. The summed E-state index contributed by atoms with van der Waals surface area (Å²) in [6.07, 6.45) is -1.28. The maximum atomic E-state index is 13.3. The first-order valence-electron chi connectivity index (χ1n) is 11.7. The molecule has 4 aromatic heterocycles. The van der Waals surface area contributed by atoms with E-state index in [-0.39, 0.29) is 24.0 Å². The number of imidazole rings is 2. The van der Waals surface area contributed by atoms with Gasteiger partial charge in [-0.2, -0.15) is 13.2 Å². The topological polar surface area (TPSA) is 95.8 Å². The average molecular weight is 561 g/mol. The Bertz CT molecular complexity index is 1660. The molecule has 1 amide bonds. The minimum atomic E-state index is -4.57. The number of benzene rings is 1. The molecular weight excluding hydrogens is 541 g/mol. The molecule has 0 aliphatic carbocycles. The molecule has 1 atom stereocenters. The SMILES string of the molecule is CC1CN(c2scnc2-c2nc3cc(Cl)c(C(F)(F)F)cc3[nH]2)CCN1C(=O)Cn1cnc2cccnc21. The lowest BCUT2D eigenvalue weighted by Crippen LogP contribution is -2.54. The van der Waals surface area contributed by atoms with Crippen molar-refractivity contribution in [1.29, 1.82) is 0 Å². The molecule has 0 radical (unpaired) electrons. The molecule has 0 spiro atoms. The van der Waals surface area contributed by atoms with Gasteiger partial charge in [0.25, 0.3) is 0 Å². The van der Waals surface area contributed by atoms with E-state index in [0.29, 0.717) is 42.3 Å². The highest BCUT2D eigenvalue weighted by Gasteiger charge is 2.34. The van der Waals surface area contributed by atoms with Gasteiger partial charge in [0.2, 0.25) is 5.91 Å². The number of aromatic nitrogens is 6. The van der Waals surface area contributed by atoms with Crippen LogP contribution in [0.3, 0.4) is 0 Å². The second kappa shape index (κ2) is 9.24. The zero-order chi connectivity index (χ0) is 26.6. The van der Waals surface area contributed by atoms with Crippen LogP contribution < -0.4 is 4.90 Å². The van der Waals surface area contributed by atoms with Crippen LogP contribution in [0, 0.1) is 0 Å². The number of halogens is 4. The number of fused-ring (bicyclic) bond motifs is 2. The fourth-order valence-electron chi connectivity index (χ4n) is 4.75. The second-order valence-corrected chi connectivity index (χ2v) is 10.3. The molecule has 6 rings (SSSR count). The minimum absolute atomic E-state index is 0.0266. The second-order valence-electron chi connectivity index (χ2n) is 9.04. The fraction of sp³-hybridized carbons (Fsp3) is 0.292. The van der Waals surface area contributed by atoms with Crippen molar-refractivity contribution in [3.8, 4) is 11.5 Å². The summed E-state index contributed by atoms with van der Waals surface area (Å²) in [4.78, 5) is 37.6. The third kappa shape index (κ3) is 4.35. The van der Waals surface area contributed by atoms with Gasteiger partial charge in [-0.25, -0.2) is 19.9 Å². The number of nitrogens with zero attached hydrogens (tertiary/aromatic N) is 7. The summed E-state index contributed by atoms with van der Waals surface area (Å²) in [5.41, 5.74) is 3.23. The Hall–Kier alpha value is -3.71. The van der Waals surface area contributed by atoms with Crippen LogP contribution in [0.1, 0.15) is 12.5 Å². The monoisotopic (exact) mass is 560 g/mol. The highest BCUT2D eigenvalue weighted by molar-refractivity contribution is 7.14. The third-order valence-corrected chi connectivity index (χ3v) is 7.76. The molecule has 0 bridgehead atoms. The molecule has 38 heavy (non-hydrogen) atoms. The lowest BCUT2D eigenvalue weighted by Gasteiger charge is -2.40. The number of piperazine rings is 1. The van der Waals surface area contributed by atoms with E-state index >= 15 is 0 Å². The number of hydrogen-bond acceptors (Lipinski definition) is 7. The number of carbonyl (C=O) groups excluding carboxylic acids is 1. The number of nitrogens with one attached hydrogen (secondary N) is 1. The van der Waals surface area contributed by atoms with Gasteiger partial charge in [0.15, 0.2) is 11.5 Å². The lowest BCUT2D eigenvalue weighted by molar-refractivity contribution is -0.137. The van der Waals surface area contributed by atoms with Gasteiger partial charge in [0.05, 0.1) is 33.5 Å². The fourth-order valence-corrected chi connectivity index (χ4v) is 5.85. The Morgan fingerprint density at radius 3 is 2.84 bits per heavy atom. The van der Waals surface area contributed by atoms with Crippen LogP contribution >= 0.6 is 22.9 Å². The summed E-state index contributed by atoms with van der Waals surface area (Å²) >= 11 is 7.28. The number of alkyl halides is 3. The van der Waals surface area contributed by atoms with Crippen molar-refractivity contribution in [2.75, 3.05) is 24.5 Å². The largest absolute Gasteiger partial charge is 0.417 e. The van der Waals surface area contributed by atoms with Crippen LogP contribution in [-0.4, -0.2) is 66.0 Å². The van der Waals surface area contributed by atoms with Crippen molar-refractivity contribution in [2.24, 2.45) is 0 Å². The number of carbonyl (C=O) groups is 1. The summed E-state index contributed by atoms with van der Waals surface area (Å²) < 4.78 is 41.6. The van der Waals surface area contributed by atoms with Crippen LogP contribution in [0.2, 0.25) is 5.02 Å². The number of H-pyrrole nitrogens is 1. The number of hydrogen-bond donors (Lipinski definition) is 1. The van der Waals surface area contributed by atoms with Crippen LogP contribution in [0.25, 0.3) is 33.7 Å². The van der Waals surface area contributed by atoms with Crippen LogP contribution in [0.4, 0.5) is 18.2 Å². The number of rotatable bonds is 4. The highest BCUT2D eigenvalue weighted by atomic mass is 35.5. The maximum absolute atomic E-state index is 13.3.